The second kappa shape index (κ2) is 14.4. The van der Waals surface area contributed by atoms with Crippen LogP contribution in [-0.4, -0.2) is 75.0 Å². The molecule has 0 amide bonds. The van der Waals surface area contributed by atoms with Gasteiger partial charge in [0.2, 0.25) is 0 Å². The first-order valence-corrected chi connectivity index (χ1v) is 14.9. The van der Waals surface area contributed by atoms with Crippen molar-refractivity contribution in [3.8, 4) is 0 Å². The highest BCUT2D eigenvalue weighted by atomic mass is 16.6. The molecule has 13 heteroatoms. The van der Waals surface area contributed by atoms with E-state index < -0.39 is 35.6 Å². The lowest BCUT2D eigenvalue weighted by molar-refractivity contribution is -0.146. The second-order valence-electron chi connectivity index (χ2n) is 11.4. The SMILES string of the molecule is CCC(COC(=O)CCCn1c(=O)n(CCO)c(=O)n(CCCC(=O)OCC2CCC3OC3C2)c1=O)CC1OC1C. The summed E-state index contributed by atoms with van der Waals surface area (Å²) >= 11 is 0. The van der Waals surface area contributed by atoms with Crippen LogP contribution >= 0.6 is 0 Å². The highest BCUT2D eigenvalue weighted by molar-refractivity contribution is 5.69. The van der Waals surface area contributed by atoms with Crippen LogP contribution in [0.15, 0.2) is 14.4 Å². The van der Waals surface area contributed by atoms with Crippen molar-refractivity contribution in [2.45, 2.75) is 116 Å². The number of carbonyl (C=O) groups excluding carboxylic acids is 2. The van der Waals surface area contributed by atoms with Gasteiger partial charge in [-0.25, -0.2) is 28.1 Å². The van der Waals surface area contributed by atoms with E-state index in [0.717, 1.165) is 45.8 Å². The Hall–Kier alpha value is -2.77. The Labute approximate surface area is 238 Å². The molecule has 230 valence electrons. The van der Waals surface area contributed by atoms with E-state index >= 15 is 0 Å². The van der Waals surface area contributed by atoms with Crippen molar-refractivity contribution in [1.82, 2.24) is 13.7 Å². The van der Waals surface area contributed by atoms with Gasteiger partial charge in [-0.3, -0.25) is 9.59 Å². The molecule has 3 fully saturated rings. The van der Waals surface area contributed by atoms with Crippen molar-refractivity contribution in [2.24, 2.45) is 11.8 Å². The summed E-state index contributed by atoms with van der Waals surface area (Å²) in [5, 5.41) is 9.37. The molecule has 0 aromatic carbocycles. The molecule has 1 aromatic rings. The maximum atomic E-state index is 13.1. The van der Waals surface area contributed by atoms with E-state index in [9.17, 15) is 29.1 Å². The topological polar surface area (TPSA) is 164 Å². The van der Waals surface area contributed by atoms with Crippen molar-refractivity contribution in [1.29, 1.82) is 0 Å². The molecular formula is C28H43N3O10. The molecule has 6 atom stereocenters. The van der Waals surface area contributed by atoms with Crippen molar-refractivity contribution < 1.29 is 33.6 Å². The van der Waals surface area contributed by atoms with Crippen LogP contribution < -0.4 is 17.1 Å². The number of hydrogen-bond donors (Lipinski definition) is 1. The number of aromatic nitrogens is 3. The third kappa shape index (κ3) is 8.62. The lowest BCUT2D eigenvalue weighted by atomic mass is 9.90. The van der Waals surface area contributed by atoms with Crippen LogP contribution in [0.3, 0.4) is 0 Å². The Morgan fingerprint density at radius 2 is 1.49 bits per heavy atom. The Balaban J connectivity index is 1.27. The Morgan fingerprint density at radius 1 is 0.902 bits per heavy atom. The first-order chi connectivity index (χ1) is 19.7. The van der Waals surface area contributed by atoms with Crippen LogP contribution in [0.25, 0.3) is 0 Å². The number of aliphatic hydroxyl groups is 1. The van der Waals surface area contributed by atoms with Crippen LogP contribution in [0, 0.1) is 11.8 Å². The molecule has 6 unspecified atom stereocenters. The first-order valence-electron chi connectivity index (χ1n) is 14.9. The summed E-state index contributed by atoms with van der Waals surface area (Å²) in [5.41, 5.74) is -2.52. The summed E-state index contributed by atoms with van der Waals surface area (Å²) in [6, 6.07) is 0. The average molecular weight is 582 g/mol. The van der Waals surface area contributed by atoms with Crippen LogP contribution in [0.1, 0.15) is 71.6 Å². The number of ether oxygens (including phenoxy) is 4. The number of hydrogen-bond acceptors (Lipinski definition) is 10. The molecule has 1 N–H and O–H groups in total. The molecule has 2 aliphatic heterocycles. The fraction of sp³-hybridized carbons (Fsp3) is 0.821. The number of fused-ring (bicyclic) bond motifs is 1. The molecule has 1 aliphatic carbocycles. The smallest absolute Gasteiger partial charge is 0.336 e. The summed E-state index contributed by atoms with van der Waals surface area (Å²) in [7, 11) is 0. The van der Waals surface area contributed by atoms with E-state index in [1.54, 1.807) is 0 Å². The van der Waals surface area contributed by atoms with Gasteiger partial charge in [-0.1, -0.05) is 6.92 Å². The first kappa shape index (κ1) is 31.2. The molecule has 0 spiro atoms. The summed E-state index contributed by atoms with van der Waals surface area (Å²) < 4.78 is 24.3. The average Bonchev–Trinajstić information content (AvgIpc) is 3.88. The molecular weight excluding hydrogens is 538 g/mol. The maximum absolute atomic E-state index is 13.1. The van der Waals surface area contributed by atoms with Gasteiger partial charge in [-0.05, 0) is 63.7 Å². The zero-order valence-electron chi connectivity index (χ0n) is 24.0. The largest absolute Gasteiger partial charge is 0.465 e. The van der Waals surface area contributed by atoms with Gasteiger partial charge >= 0.3 is 29.0 Å². The molecule has 3 aliphatic rings. The minimum atomic E-state index is -0.850. The molecule has 0 bridgehead atoms. The molecule has 1 aromatic heterocycles. The van der Waals surface area contributed by atoms with Crippen molar-refractivity contribution >= 4 is 11.9 Å². The summed E-state index contributed by atoms with van der Waals surface area (Å²) in [5.74, 6) is -0.355. The predicted octanol–water partition coefficient (Wildman–Crippen LogP) is 0.582. The monoisotopic (exact) mass is 581 g/mol. The lowest BCUT2D eigenvalue weighted by Crippen LogP contribution is -2.55. The number of esters is 2. The third-order valence-corrected chi connectivity index (χ3v) is 8.29. The van der Waals surface area contributed by atoms with E-state index in [-0.39, 0.29) is 76.0 Å². The molecule has 41 heavy (non-hydrogen) atoms. The van der Waals surface area contributed by atoms with Crippen molar-refractivity contribution in [3.05, 3.63) is 31.5 Å². The van der Waals surface area contributed by atoms with E-state index in [1.807, 2.05) is 13.8 Å². The van der Waals surface area contributed by atoms with Crippen molar-refractivity contribution in [2.75, 3.05) is 19.8 Å². The highest BCUT2D eigenvalue weighted by Crippen LogP contribution is 2.39. The van der Waals surface area contributed by atoms with Gasteiger partial charge in [0.1, 0.15) is 0 Å². The Bertz CT molecular complexity index is 1240. The van der Waals surface area contributed by atoms with Gasteiger partial charge in [0.05, 0.1) is 50.8 Å². The fourth-order valence-corrected chi connectivity index (χ4v) is 5.48. The molecule has 0 radical (unpaired) electrons. The highest BCUT2D eigenvalue weighted by Gasteiger charge is 2.44. The minimum Gasteiger partial charge on any atom is -0.465 e. The molecule has 2 saturated heterocycles. The van der Waals surface area contributed by atoms with Gasteiger partial charge in [0.25, 0.3) is 0 Å². The van der Waals surface area contributed by atoms with E-state index in [0.29, 0.717) is 18.8 Å². The van der Waals surface area contributed by atoms with E-state index in [1.165, 1.54) is 0 Å². The van der Waals surface area contributed by atoms with Gasteiger partial charge in [0, 0.05) is 25.9 Å². The molecule has 1 saturated carbocycles. The number of nitrogens with zero attached hydrogens (tertiary/aromatic N) is 3. The van der Waals surface area contributed by atoms with Crippen LogP contribution in [0.5, 0.6) is 0 Å². The van der Waals surface area contributed by atoms with Gasteiger partial charge in [-0.2, -0.15) is 0 Å². The van der Waals surface area contributed by atoms with Gasteiger partial charge in [-0.15, -0.1) is 0 Å². The Kier molecular flexibility index (Phi) is 11.0. The molecule has 13 nitrogen and oxygen atoms in total. The lowest BCUT2D eigenvalue weighted by Gasteiger charge is -2.18. The van der Waals surface area contributed by atoms with Crippen LogP contribution in [0.2, 0.25) is 0 Å². The zero-order valence-corrected chi connectivity index (χ0v) is 24.0. The number of rotatable bonds is 17. The standard InChI is InChI=1S/C28H43N3O10/c1-3-19(14-22-18(2)40-22)16-38-24(33)6-4-10-29-26(35)30(28(37)31(12-13-32)27(29)36)11-5-7-25(34)39-17-20-8-9-21-23(15-20)41-21/h18-23,32H,3-17H2,1-2H3. The van der Waals surface area contributed by atoms with E-state index in [4.69, 9.17) is 18.9 Å². The molecule has 3 heterocycles. The van der Waals surface area contributed by atoms with Gasteiger partial charge < -0.3 is 24.1 Å². The summed E-state index contributed by atoms with van der Waals surface area (Å²) in [4.78, 5) is 63.3. The van der Waals surface area contributed by atoms with E-state index in [2.05, 4.69) is 0 Å². The minimum absolute atomic E-state index is 0.00185. The Morgan fingerprint density at radius 3 is 2.02 bits per heavy atom. The van der Waals surface area contributed by atoms with Crippen LogP contribution in [-0.2, 0) is 48.2 Å². The zero-order chi connectivity index (χ0) is 29.5. The van der Waals surface area contributed by atoms with Gasteiger partial charge in [0.15, 0.2) is 0 Å². The third-order valence-electron chi connectivity index (χ3n) is 8.29. The summed E-state index contributed by atoms with van der Waals surface area (Å²) in [6.07, 6.45) is 6.01. The predicted molar refractivity (Wildman–Crippen MR) is 145 cm³/mol. The second-order valence-corrected chi connectivity index (χ2v) is 11.4. The normalized spacial score (nSPS) is 25.3. The number of epoxide rings is 2. The van der Waals surface area contributed by atoms with Crippen LogP contribution in [0.4, 0.5) is 0 Å². The maximum Gasteiger partial charge on any atom is 0.336 e. The number of aliphatic hydroxyl groups excluding tert-OH is 1. The fourth-order valence-electron chi connectivity index (χ4n) is 5.48. The number of carbonyl (C=O) groups is 2. The molecule has 4 rings (SSSR count). The summed E-state index contributed by atoms with van der Waals surface area (Å²) in [6.45, 7) is 3.71. The van der Waals surface area contributed by atoms with Crippen molar-refractivity contribution in [3.63, 3.8) is 0 Å². The quantitative estimate of drug-likeness (QED) is 0.203.